The lowest BCUT2D eigenvalue weighted by atomic mass is 10.2. The number of hydrogen-bond donors (Lipinski definition) is 1. The molecule has 26 heavy (non-hydrogen) atoms. The molecule has 1 aromatic carbocycles. The minimum Gasteiger partial charge on any atom is -0.341 e. The molecule has 6 nitrogen and oxygen atoms in total. The summed E-state index contributed by atoms with van der Waals surface area (Å²) in [6, 6.07) is 10.1. The molecule has 0 unspecified atom stereocenters. The highest BCUT2D eigenvalue weighted by molar-refractivity contribution is 5.93. The summed E-state index contributed by atoms with van der Waals surface area (Å²) in [6.07, 6.45) is 4.31. The molecule has 0 atom stereocenters. The SMILES string of the molecule is Cc1nc(N2CCCC2)nc(C)c1NC(=O)Cn1ccc2ccccc21. The lowest BCUT2D eigenvalue weighted by molar-refractivity contribution is -0.116. The standard InChI is InChI=1S/C20H23N5O/c1-14-19(15(2)22-20(21-14)24-10-5-6-11-24)23-18(26)13-25-12-9-16-7-3-4-8-17(16)25/h3-4,7-9,12H,5-6,10-11,13H2,1-2H3,(H,23,26). The maximum absolute atomic E-state index is 12.6. The number of nitrogens with zero attached hydrogens (tertiary/aromatic N) is 4. The molecule has 0 aliphatic carbocycles. The molecule has 1 N–H and O–H groups in total. The van der Waals surface area contributed by atoms with E-state index in [0.29, 0.717) is 0 Å². The molecule has 1 amide bonds. The van der Waals surface area contributed by atoms with E-state index in [2.05, 4.69) is 20.2 Å². The number of aryl methyl sites for hydroxylation is 2. The Labute approximate surface area is 152 Å². The third-order valence-corrected chi connectivity index (χ3v) is 4.91. The van der Waals surface area contributed by atoms with Crippen molar-refractivity contribution in [3.8, 4) is 0 Å². The maximum atomic E-state index is 12.6. The topological polar surface area (TPSA) is 63.1 Å². The predicted octanol–water partition coefficient (Wildman–Crippen LogP) is 3.29. The van der Waals surface area contributed by atoms with Gasteiger partial charge in [-0.25, -0.2) is 9.97 Å². The van der Waals surface area contributed by atoms with Gasteiger partial charge < -0.3 is 14.8 Å². The van der Waals surface area contributed by atoms with Gasteiger partial charge in [-0.15, -0.1) is 0 Å². The summed E-state index contributed by atoms with van der Waals surface area (Å²) in [4.78, 5) is 24.0. The molecule has 2 aromatic heterocycles. The Hall–Kier alpha value is -2.89. The second-order valence-electron chi connectivity index (χ2n) is 6.81. The average molecular weight is 349 g/mol. The number of carbonyl (C=O) groups is 1. The van der Waals surface area contributed by atoms with Crippen LogP contribution in [0.4, 0.5) is 11.6 Å². The first-order valence-corrected chi connectivity index (χ1v) is 9.06. The van der Waals surface area contributed by atoms with Crippen LogP contribution in [-0.2, 0) is 11.3 Å². The highest BCUT2D eigenvalue weighted by Crippen LogP contribution is 2.23. The minimum absolute atomic E-state index is 0.0740. The lowest BCUT2D eigenvalue weighted by Crippen LogP contribution is -2.23. The van der Waals surface area contributed by atoms with E-state index < -0.39 is 0 Å². The molecule has 3 aromatic rings. The van der Waals surface area contributed by atoms with Gasteiger partial charge in [-0.05, 0) is 44.2 Å². The van der Waals surface area contributed by atoms with E-state index in [0.717, 1.165) is 47.0 Å². The van der Waals surface area contributed by atoms with Crippen LogP contribution >= 0.6 is 0 Å². The van der Waals surface area contributed by atoms with Crippen LogP contribution in [0.1, 0.15) is 24.2 Å². The monoisotopic (exact) mass is 349 g/mol. The van der Waals surface area contributed by atoms with Crippen molar-refractivity contribution < 1.29 is 4.79 Å². The van der Waals surface area contributed by atoms with E-state index in [1.165, 1.54) is 12.8 Å². The Balaban J connectivity index is 1.52. The second-order valence-corrected chi connectivity index (χ2v) is 6.81. The number of benzene rings is 1. The van der Waals surface area contributed by atoms with Gasteiger partial charge in [0.1, 0.15) is 6.54 Å². The van der Waals surface area contributed by atoms with Gasteiger partial charge in [0.25, 0.3) is 0 Å². The van der Waals surface area contributed by atoms with Crippen molar-refractivity contribution in [3.63, 3.8) is 0 Å². The Morgan fingerprint density at radius 3 is 2.50 bits per heavy atom. The zero-order valence-electron chi connectivity index (χ0n) is 15.2. The number of fused-ring (bicyclic) bond motifs is 1. The summed E-state index contributed by atoms with van der Waals surface area (Å²) in [5.74, 6) is 0.696. The number of para-hydroxylation sites is 1. The first kappa shape index (κ1) is 16.6. The number of amides is 1. The molecule has 1 saturated heterocycles. The van der Waals surface area contributed by atoms with Gasteiger partial charge in [0.2, 0.25) is 11.9 Å². The molecule has 0 spiro atoms. The Morgan fingerprint density at radius 2 is 1.77 bits per heavy atom. The highest BCUT2D eigenvalue weighted by atomic mass is 16.1. The molecule has 1 fully saturated rings. The fraction of sp³-hybridized carbons (Fsp3) is 0.350. The Bertz CT molecular complexity index is 933. The predicted molar refractivity (Wildman–Crippen MR) is 104 cm³/mol. The van der Waals surface area contributed by atoms with Crippen molar-refractivity contribution >= 4 is 28.4 Å². The van der Waals surface area contributed by atoms with Crippen molar-refractivity contribution in [1.82, 2.24) is 14.5 Å². The third-order valence-electron chi connectivity index (χ3n) is 4.91. The van der Waals surface area contributed by atoms with E-state index in [1.807, 2.05) is 54.9 Å². The van der Waals surface area contributed by atoms with E-state index in [-0.39, 0.29) is 12.5 Å². The molecule has 0 radical (unpaired) electrons. The van der Waals surface area contributed by atoms with Crippen LogP contribution in [-0.4, -0.2) is 33.5 Å². The molecule has 4 rings (SSSR count). The van der Waals surface area contributed by atoms with Crippen molar-refractivity contribution in [1.29, 1.82) is 0 Å². The van der Waals surface area contributed by atoms with E-state index in [1.54, 1.807) is 0 Å². The number of hydrogen-bond acceptors (Lipinski definition) is 4. The maximum Gasteiger partial charge on any atom is 0.244 e. The molecule has 1 aliphatic rings. The van der Waals surface area contributed by atoms with Crippen molar-refractivity contribution in [2.24, 2.45) is 0 Å². The smallest absolute Gasteiger partial charge is 0.244 e. The van der Waals surface area contributed by atoms with Gasteiger partial charge in [-0.3, -0.25) is 4.79 Å². The number of rotatable bonds is 4. The van der Waals surface area contributed by atoms with Crippen LogP contribution < -0.4 is 10.2 Å². The van der Waals surface area contributed by atoms with Gasteiger partial charge in [-0.2, -0.15) is 0 Å². The van der Waals surface area contributed by atoms with Gasteiger partial charge in [0, 0.05) is 24.8 Å². The first-order chi connectivity index (χ1) is 12.6. The molecule has 0 saturated carbocycles. The molecule has 6 heteroatoms. The summed E-state index contributed by atoms with van der Waals surface area (Å²) in [7, 11) is 0. The zero-order chi connectivity index (χ0) is 18.1. The number of nitrogens with one attached hydrogen (secondary N) is 1. The molecular weight excluding hydrogens is 326 g/mol. The molecule has 134 valence electrons. The molecule has 0 bridgehead atoms. The van der Waals surface area contributed by atoms with Crippen LogP contribution in [0.2, 0.25) is 0 Å². The van der Waals surface area contributed by atoms with Crippen LogP contribution in [0.3, 0.4) is 0 Å². The second kappa shape index (κ2) is 6.78. The summed E-state index contributed by atoms with van der Waals surface area (Å²) >= 11 is 0. The quantitative estimate of drug-likeness (QED) is 0.785. The molecule has 3 heterocycles. The van der Waals surface area contributed by atoms with E-state index in [9.17, 15) is 4.79 Å². The largest absolute Gasteiger partial charge is 0.341 e. The van der Waals surface area contributed by atoms with E-state index >= 15 is 0 Å². The van der Waals surface area contributed by atoms with Crippen LogP contribution in [0.25, 0.3) is 10.9 Å². The lowest BCUT2D eigenvalue weighted by Gasteiger charge is -2.18. The number of aromatic nitrogens is 3. The fourth-order valence-electron chi connectivity index (χ4n) is 3.55. The van der Waals surface area contributed by atoms with Gasteiger partial charge >= 0.3 is 0 Å². The van der Waals surface area contributed by atoms with Gasteiger partial charge in [0.15, 0.2) is 0 Å². The normalized spacial score (nSPS) is 14.2. The van der Waals surface area contributed by atoms with Crippen LogP contribution in [0.5, 0.6) is 0 Å². The average Bonchev–Trinajstić information content (AvgIpc) is 3.29. The Morgan fingerprint density at radius 1 is 1.08 bits per heavy atom. The summed E-state index contributed by atoms with van der Waals surface area (Å²) < 4.78 is 1.95. The van der Waals surface area contributed by atoms with E-state index in [4.69, 9.17) is 0 Å². The zero-order valence-corrected chi connectivity index (χ0v) is 15.2. The minimum atomic E-state index is -0.0740. The van der Waals surface area contributed by atoms with Gasteiger partial charge in [-0.1, -0.05) is 18.2 Å². The van der Waals surface area contributed by atoms with Crippen LogP contribution in [0, 0.1) is 13.8 Å². The summed E-state index contributed by atoms with van der Waals surface area (Å²) in [5, 5.41) is 4.13. The third kappa shape index (κ3) is 3.14. The highest BCUT2D eigenvalue weighted by Gasteiger charge is 2.18. The number of anilines is 2. The Kier molecular flexibility index (Phi) is 4.32. The summed E-state index contributed by atoms with van der Waals surface area (Å²) in [5.41, 5.74) is 3.39. The van der Waals surface area contributed by atoms with Crippen LogP contribution in [0.15, 0.2) is 36.5 Å². The van der Waals surface area contributed by atoms with Gasteiger partial charge in [0.05, 0.1) is 17.1 Å². The van der Waals surface area contributed by atoms with Crippen molar-refractivity contribution in [3.05, 3.63) is 47.9 Å². The molecule has 1 aliphatic heterocycles. The van der Waals surface area contributed by atoms with Crippen molar-refractivity contribution in [2.75, 3.05) is 23.3 Å². The summed E-state index contributed by atoms with van der Waals surface area (Å²) in [6.45, 7) is 6.13. The van der Waals surface area contributed by atoms with Crippen molar-refractivity contribution in [2.45, 2.75) is 33.2 Å². The first-order valence-electron chi connectivity index (χ1n) is 9.06. The number of carbonyl (C=O) groups excluding carboxylic acids is 1. The fourth-order valence-corrected chi connectivity index (χ4v) is 3.55. The molecular formula is C20H23N5O.